The number of hydrogen-bond acceptors (Lipinski definition) is 4. The fraction of sp³-hybridized carbons (Fsp3) is 0.875. The molecule has 1 heterocycles. The summed E-state index contributed by atoms with van der Waals surface area (Å²) in [5.41, 5.74) is 0. The lowest BCUT2D eigenvalue weighted by molar-refractivity contribution is -0.148. The molecule has 4 nitrogen and oxygen atoms in total. The molecule has 0 amide bonds. The highest BCUT2D eigenvalue weighted by atomic mass is 16.5. The molecule has 0 aromatic carbocycles. The number of esters is 1. The molecule has 1 aliphatic carbocycles. The van der Waals surface area contributed by atoms with Crippen LogP contribution < -0.4 is 0 Å². The third-order valence-electron chi connectivity index (χ3n) is 2.81. The third-order valence-corrected chi connectivity index (χ3v) is 2.81. The first-order chi connectivity index (χ1) is 5.68. The second-order valence-electron chi connectivity index (χ2n) is 3.62. The van der Waals surface area contributed by atoms with Gasteiger partial charge < -0.3 is 14.9 Å². The summed E-state index contributed by atoms with van der Waals surface area (Å²) >= 11 is 0. The Morgan fingerprint density at radius 1 is 1.25 bits per heavy atom. The van der Waals surface area contributed by atoms with Crippen molar-refractivity contribution >= 4 is 5.97 Å². The highest BCUT2D eigenvalue weighted by molar-refractivity contribution is 5.70. The van der Waals surface area contributed by atoms with Crippen molar-refractivity contribution in [2.45, 2.75) is 25.0 Å². The van der Waals surface area contributed by atoms with Gasteiger partial charge in [-0.3, -0.25) is 4.79 Å². The summed E-state index contributed by atoms with van der Waals surface area (Å²) in [5.74, 6) is -0.412. The number of rotatable bonds is 0. The first-order valence-corrected chi connectivity index (χ1v) is 4.20. The van der Waals surface area contributed by atoms with Crippen molar-refractivity contribution in [1.29, 1.82) is 0 Å². The maximum Gasteiger partial charge on any atom is 0.306 e. The highest BCUT2D eigenvalue weighted by Gasteiger charge is 2.44. The van der Waals surface area contributed by atoms with Crippen molar-refractivity contribution in [3.63, 3.8) is 0 Å². The van der Waals surface area contributed by atoms with E-state index in [1.807, 2.05) is 0 Å². The average molecular weight is 172 g/mol. The van der Waals surface area contributed by atoms with Gasteiger partial charge in [0.15, 0.2) is 0 Å². The average Bonchev–Trinajstić information content (AvgIpc) is 2.28. The molecule has 1 saturated carbocycles. The van der Waals surface area contributed by atoms with Gasteiger partial charge >= 0.3 is 5.97 Å². The van der Waals surface area contributed by atoms with E-state index in [4.69, 9.17) is 4.74 Å². The molecule has 2 fully saturated rings. The molecule has 1 aliphatic heterocycles. The molecule has 12 heavy (non-hydrogen) atoms. The first-order valence-electron chi connectivity index (χ1n) is 4.20. The van der Waals surface area contributed by atoms with Crippen LogP contribution in [-0.4, -0.2) is 35.0 Å². The molecule has 0 aromatic heterocycles. The Morgan fingerprint density at radius 3 is 2.67 bits per heavy atom. The Labute approximate surface area is 70.1 Å². The minimum atomic E-state index is -0.733. The predicted octanol–water partition coefficient (Wildman–Crippen LogP) is -0.709. The minimum Gasteiger partial charge on any atom is -0.465 e. The molecule has 0 spiro atoms. The van der Waals surface area contributed by atoms with E-state index >= 15 is 0 Å². The Morgan fingerprint density at radius 2 is 1.92 bits per heavy atom. The van der Waals surface area contributed by atoms with E-state index in [9.17, 15) is 15.0 Å². The zero-order valence-corrected chi connectivity index (χ0v) is 6.64. The Hall–Kier alpha value is -0.610. The van der Waals surface area contributed by atoms with Crippen LogP contribution in [0.5, 0.6) is 0 Å². The van der Waals surface area contributed by atoms with E-state index < -0.39 is 12.2 Å². The number of fused-ring (bicyclic) bond motifs is 2. The van der Waals surface area contributed by atoms with E-state index in [0.29, 0.717) is 6.42 Å². The Kier molecular flexibility index (Phi) is 1.81. The monoisotopic (exact) mass is 172 g/mol. The number of aliphatic hydroxyl groups is 2. The van der Waals surface area contributed by atoms with E-state index in [-0.39, 0.29) is 30.8 Å². The van der Waals surface area contributed by atoms with Gasteiger partial charge in [0.1, 0.15) is 0 Å². The Bertz CT molecular complexity index is 203. The third kappa shape index (κ3) is 1.11. The van der Waals surface area contributed by atoms with Crippen molar-refractivity contribution in [2.24, 2.45) is 11.8 Å². The molecular formula is C8H12O4. The standard InChI is InChI=1S/C8H12O4/c9-6-2-4-1-5(3-12-6)8(11)7(4)10/h4-5,7-8,10-11H,1-3H2/t4-,5+,7-,8+/m0/s1. The Balaban J connectivity index is 2.15. The van der Waals surface area contributed by atoms with Crippen molar-refractivity contribution in [2.75, 3.05) is 6.61 Å². The summed E-state index contributed by atoms with van der Waals surface area (Å²) in [5, 5.41) is 18.9. The fourth-order valence-electron chi connectivity index (χ4n) is 2.07. The second kappa shape index (κ2) is 2.71. The summed E-state index contributed by atoms with van der Waals surface area (Å²) < 4.78 is 4.85. The van der Waals surface area contributed by atoms with Gasteiger partial charge in [-0.15, -0.1) is 0 Å². The van der Waals surface area contributed by atoms with Gasteiger partial charge in [-0.1, -0.05) is 0 Å². The molecule has 4 atom stereocenters. The van der Waals surface area contributed by atoms with Crippen molar-refractivity contribution in [3.8, 4) is 0 Å². The number of carbonyl (C=O) groups is 1. The maximum absolute atomic E-state index is 10.9. The van der Waals surface area contributed by atoms with Crippen LogP contribution in [0.25, 0.3) is 0 Å². The van der Waals surface area contributed by atoms with Gasteiger partial charge in [0.25, 0.3) is 0 Å². The number of aliphatic hydroxyl groups excluding tert-OH is 2. The van der Waals surface area contributed by atoms with Crippen LogP contribution in [-0.2, 0) is 9.53 Å². The quantitative estimate of drug-likeness (QED) is 0.474. The summed E-state index contributed by atoms with van der Waals surface area (Å²) in [4.78, 5) is 10.9. The topological polar surface area (TPSA) is 66.8 Å². The van der Waals surface area contributed by atoms with Crippen LogP contribution in [0.3, 0.4) is 0 Å². The molecule has 0 aromatic rings. The van der Waals surface area contributed by atoms with Crippen LogP contribution in [0, 0.1) is 11.8 Å². The zero-order valence-electron chi connectivity index (χ0n) is 6.64. The lowest BCUT2D eigenvalue weighted by Crippen LogP contribution is -2.33. The lowest BCUT2D eigenvalue weighted by Gasteiger charge is -2.19. The molecule has 2 rings (SSSR count). The number of cyclic esters (lactones) is 1. The van der Waals surface area contributed by atoms with E-state index in [2.05, 4.69) is 0 Å². The molecule has 0 unspecified atom stereocenters. The lowest BCUT2D eigenvalue weighted by atomic mass is 10.0. The van der Waals surface area contributed by atoms with Crippen LogP contribution in [0.1, 0.15) is 12.8 Å². The molecule has 2 N–H and O–H groups in total. The second-order valence-corrected chi connectivity index (χ2v) is 3.62. The van der Waals surface area contributed by atoms with E-state index in [1.54, 1.807) is 0 Å². The SMILES string of the molecule is O=C1C[C@@H]2C[C@H](CO1)[C@@H](O)[C@H]2O. The van der Waals surface area contributed by atoms with Crippen LogP contribution >= 0.6 is 0 Å². The molecule has 4 heteroatoms. The van der Waals surface area contributed by atoms with Gasteiger partial charge in [-0.2, -0.15) is 0 Å². The molecule has 68 valence electrons. The summed E-state index contributed by atoms with van der Waals surface area (Å²) in [7, 11) is 0. The molecule has 0 radical (unpaired) electrons. The van der Waals surface area contributed by atoms with Gasteiger partial charge in [-0.05, 0) is 12.3 Å². The maximum atomic E-state index is 10.9. The van der Waals surface area contributed by atoms with Crippen LogP contribution in [0.4, 0.5) is 0 Å². The van der Waals surface area contributed by atoms with Crippen molar-refractivity contribution in [1.82, 2.24) is 0 Å². The van der Waals surface area contributed by atoms with Gasteiger partial charge in [0.2, 0.25) is 0 Å². The normalized spacial score (nSPS) is 47.0. The summed E-state index contributed by atoms with van der Waals surface area (Å²) in [6, 6.07) is 0. The van der Waals surface area contributed by atoms with Crippen LogP contribution in [0.15, 0.2) is 0 Å². The van der Waals surface area contributed by atoms with E-state index in [0.717, 1.165) is 0 Å². The number of carbonyl (C=O) groups excluding carboxylic acids is 1. The number of hydrogen-bond donors (Lipinski definition) is 2. The molecular weight excluding hydrogens is 160 g/mol. The minimum absolute atomic E-state index is 0.0588. The smallest absolute Gasteiger partial charge is 0.306 e. The molecule has 2 bridgehead atoms. The van der Waals surface area contributed by atoms with Crippen molar-refractivity contribution < 1.29 is 19.7 Å². The van der Waals surface area contributed by atoms with Gasteiger partial charge in [0.05, 0.1) is 25.2 Å². The van der Waals surface area contributed by atoms with Crippen molar-refractivity contribution in [3.05, 3.63) is 0 Å². The number of ether oxygens (including phenoxy) is 1. The molecule has 1 saturated heterocycles. The van der Waals surface area contributed by atoms with Crippen LogP contribution in [0.2, 0.25) is 0 Å². The predicted molar refractivity (Wildman–Crippen MR) is 39.2 cm³/mol. The zero-order chi connectivity index (χ0) is 8.72. The first kappa shape index (κ1) is 8.01. The molecule has 2 aliphatic rings. The summed E-state index contributed by atoms with van der Waals surface area (Å²) in [6.07, 6.45) is -0.492. The van der Waals surface area contributed by atoms with Gasteiger partial charge in [0, 0.05) is 5.92 Å². The largest absolute Gasteiger partial charge is 0.465 e. The van der Waals surface area contributed by atoms with Gasteiger partial charge in [-0.25, -0.2) is 0 Å². The van der Waals surface area contributed by atoms with E-state index in [1.165, 1.54) is 0 Å². The summed E-state index contributed by atoms with van der Waals surface area (Å²) in [6.45, 7) is 0.258. The fourth-order valence-corrected chi connectivity index (χ4v) is 2.07. The highest BCUT2D eigenvalue weighted by Crippen LogP contribution is 2.36.